The third-order valence-electron chi connectivity index (χ3n) is 3.54. The molecule has 1 aliphatic heterocycles. The van der Waals surface area contributed by atoms with Gasteiger partial charge in [0.1, 0.15) is 5.76 Å². The van der Waals surface area contributed by atoms with Crippen LogP contribution in [0.1, 0.15) is 17.1 Å². The summed E-state index contributed by atoms with van der Waals surface area (Å²) in [5.74, 6) is 1.54. The smallest absolute Gasteiger partial charge is 0.223 e. The summed E-state index contributed by atoms with van der Waals surface area (Å²) in [5, 5.41) is 5.25. The third kappa shape index (κ3) is 3.29. The molecule has 1 aliphatic rings. The molecule has 0 bridgehead atoms. The van der Waals surface area contributed by atoms with E-state index >= 15 is 0 Å². The van der Waals surface area contributed by atoms with Gasteiger partial charge < -0.3 is 14.6 Å². The van der Waals surface area contributed by atoms with Gasteiger partial charge in [0.25, 0.3) is 0 Å². The van der Waals surface area contributed by atoms with Crippen molar-refractivity contribution in [2.45, 2.75) is 19.5 Å². The number of amides is 1. The second-order valence-electron chi connectivity index (χ2n) is 5.14. The summed E-state index contributed by atoms with van der Waals surface area (Å²) in [6.45, 7) is 3.12. The monoisotopic (exact) mass is 290 g/mol. The molecule has 0 unspecified atom stereocenters. The Kier molecular flexibility index (Phi) is 4.18. The van der Waals surface area contributed by atoms with Crippen LogP contribution in [0.3, 0.4) is 0 Å². The van der Waals surface area contributed by atoms with Crippen molar-refractivity contribution in [1.29, 1.82) is 0 Å². The van der Waals surface area contributed by atoms with Crippen molar-refractivity contribution in [3.8, 4) is 0 Å². The highest BCUT2D eigenvalue weighted by Crippen LogP contribution is 2.18. The first kappa shape index (κ1) is 13.4. The number of hydrogen-bond donors (Lipinski definition) is 1. The fourth-order valence-electron chi connectivity index (χ4n) is 2.28. The van der Waals surface area contributed by atoms with Crippen molar-refractivity contribution < 1.29 is 9.21 Å². The van der Waals surface area contributed by atoms with E-state index in [0.29, 0.717) is 25.4 Å². The summed E-state index contributed by atoms with van der Waals surface area (Å²) in [5.41, 5.74) is 0. The SMILES string of the molecule is O=C(CC1CNC1)N(Cc1ccco1)Cc1cccs1. The van der Waals surface area contributed by atoms with Gasteiger partial charge in [-0.2, -0.15) is 0 Å². The Bertz CT molecular complexity index is 496. The topological polar surface area (TPSA) is 45.5 Å². The molecule has 5 heteroatoms. The van der Waals surface area contributed by atoms with Gasteiger partial charge in [-0.15, -0.1) is 11.3 Å². The predicted octanol–water partition coefficient (Wildman–Crippen LogP) is 2.48. The Balaban J connectivity index is 1.66. The van der Waals surface area contributed by atoms with E-state index in [4.69, 9.17) is 4.42 Å². The first-order chi connectivity index (χ1) is 9.81. The molecule has 0 aliphatic carbocycles. The molecule has 0 radical (unpaired) electrons. The van der Waals surface area contributed by atoms with Crippen molar-refractivity contribution in [3.63, 3.8) is 0 Å². The molecule has 0 spiro atoms. The lowest BCUT2D eigenvalue weighted by molar-refractivity contribution is -0.134. The minimum atomic E-state index is 0.210. The van der Waals surface area contributed by atoms with Crippen molar-refractivity contribution in [1.82, 2.24) is 10.2 Å². The summed E-state index contributed by atoms with van der Waals surface area (Å²) in [6.07, 6.45) is 2.28. The van der Waals surface area contributed by atoms with E-state index in [0.717, 1.165) is 18.8 Å². The molecular formula is C15H18N2O2S. The number of nitrogens with zero attached hydrogens (tertiary/aromatic N) is 1. The van der Waals surface area contributed by atoms with Crippen LogP contribution in [0.4, 0.5) is 0 Å². The zero-order valence-electron chi connectivity index (χ0n) is 11.2. The quantitative estimate of drug-likeness (QED) is 0.889. The number of hydrogen-bond acceptors (Lipinski definition) is 4. The number of carbonyl (C=O) groups excluding carboxylic acids is 1. The normalized spacial score (nSPS) is 15.0. The first-order valence-electron chi connectivity index (χ1n) is 6.84. The van der Waals surface area contributed by atoms with Crippen LogP contribution in [0.2, 0.25) is 0 Å². The van der Waals surface area contributed by atoms with Crippen molar-refractivity contribution >= 4 is 17.2 Å². The van der Waals surface area contributed by atoms with Gasteiger partial charge in [-0.3, -0.25) is 4.79 Å². The van der Waals surface area contributed by atoms with E-state index in [-0.39, 0.29) is 5.91 Å². The van der Waals surface area contributed by atoms with E-state index in [2.05, 4.69) is 11.4 Å². The molecule has 1 N–H and O–H groups in total. The lowest BCUT2D eigenvalue weighted by atomic mass is 9.98. The van der Waals surface area contributed by atoms with Crippen LogP contribution in [0.15, 0.2) is 40.3 Å². The molecule has 4 nitrogen and oxygen atoms in total. The minimum Gasteiger partial charge on any atom is -0.467 e. The number of carbonyl (C=O) groups is 1. The van der Waals surface area contributed by atoms with E-state index in [1.54, 1.807) is 17.6 Å². The first-order valence-corrected chi connectivity index (χ1v) is 7.72. The van der Waals surface area contributed by atoms with Gasteiger partial charge in [-0.25, -0.2) is 0 Å². The fraction of sp³-hybridized carbons (Fsp3) is 0.400. The van der Waals surface area contributed by atoms with Gasteiger partial charge in [0.15, 0.2) is 0 Å². The van der Waals surface area contributed by atoms with Gasteiger partial charge in [0.2, 0.25) is 5.91 Å². The van der Waals surface area contributed by atoms with Gasteiger partial charge in [0.05, 0.1) is 19.4 Å². The van der Waals surface area contributed by atoms with E-state index in [1.807, 2.05) is 28.5 Å². The minimum absolute atomic E-state index is 0.210. The Morgan fingerprint density at radius 2 is 2.25 bits per heavy atom. The molecule has 1 saturated heterocycles. The molecule has 106 valence electrons. The van der Waals surface area contributed by atoms with Crippen LogP contribution >= 0.6 is 11.3 Å². The van der Waals surface area contributed by atoms with Crippen molar-refractivity contribution in [2.75, 3.05) is 13.1 Å². The largest absolute Gasteiger partial charge is 0.467 e. The number of thiophene rings is 1. The molecule has 1 amide bonds. The Hall–Kier alpha value is -1.59. The molecule has 0 aromatic carbocycles. The van der Waals surface area contributed by atoms with Gasteiger partial charge in [0, 0.05) is 11.3 Å². The fourth-order valence-corrected chi connectivity index (χ4v) is 3.00. The summed E-state index contributed by atoms with van der Waals surface area (Å²) < 4.78 is 5.38. The highest BCUT2D eigenvalue weighted by Gasteiger charge is 2.24. The molecule has 2 aromatic rings. The van der Waals surface area contributed by atoms with Gasteiger partial charge in [-0.1, -0.05) is 6.07 Å². The molecule has 2 aromatic heterocycles. The van der Waals surface area contributed by atoms with Gasteiger partial charge >= 0.3 is 0 Å². The predicted molar refractivity (Wildman–Crippen MR) is 78.3 cm³/mol. The lowest BCUT2D eigenvalue weighted by Gasteiger charge is -2.29. The average molecular weight is 290 g/mol. The van der Waals surface area contributed by atoms with Crippen LogP contribution in [-0.2, 0) is 17.9 Å². The number of rotatable bonds is 6. The molecule has 20 heavy (non-hydrogen) atoms. The van der Waals surface area contributed by atoms with Crippen LogP contribution in [-0.4, -0.2) is 23.9 Å². The molecule has 3 rings (SSSR count). The molecular weight excluding hydrogens is 272 g/mol. The maximum Gasteiger partial charge on any atom is 0.223 e. The van der Waals surface area contributed by atoms with Crippen LogP contribution in [0, 0.1) is 5.92 Å². The van der Waals surface area contributed by atoms with Crippen molar-refractivity contribution in [3.05, 3.63) is 46.5 Å². The Labute approximate surface area is 122 Å². The van der Waals surface area contributed by atoms with E-state index in [9.17, 15) is 4.79 Å². The second kappa shape index (κ2) is 6.24. The van der Waals surface area contributed by atoms with E-state index < -0.39 is 0 Å². The summed E-state index contributed by atoms with van der Waals surface area (Å²) in [6, 6.07) is 7.86. The lowest BCUT2D eigenvalue weighted by Crippen LogP contribution is -2.45. The standard InChI is InChI=1S/C15H18N2O2S/c18-15(7-12-8-16-9-12)17(10-13-3-1-5-19-13)11-14-4-2-6-20-14/h1-6,12,16H,7-11H2. The maximum absolute atomic E-state index is 12.5. The van der Waals surface area contributed by atoms with Crippen LogP contribution < -0.4 is 5.32 Å². The van der Waals surface area contributed by atoms with Crippen LogP contribution in [0.5, 0.6) is 0 Å². The number of nitrogens with one attached hydrogen (secondary N) is 1. The molecule has 0 atom stereocenters. The Morgan fingerprint density at radius 3 is 2.85 bits per heavy atom. The summed E-state index contributed by atoms with van der Waals surface area (Å²) in [4.78, 5) is 15.6. The van der Waals surface area contributed by atoms with Crippen molar-refractivity contribution in [2.24, 2.45) is 5.92 Å². The maximum atomic E-state index is 12.5. The van der Waals surface area contributed by atoms with Gasteiger partial charge in [-0.05, 0) is 42.6 Å². The highest BCUT2D eigenvalue weighted by molar-refractivity contribution is 7.09. The van der Waals surface area contributed by atoms with Crippen LogP contribution in [0.25, 0.3) is 0 Å². The average Bonchev–Trinajstić information content (AvgIpc) is 3.06. The summed E-state index contributed by atoms with van der Waals surface area (Å²) >= 11 is 1.68. The zero-order valence-corrected chi connectivity index (χ0v) is 12.1. The third-order valence-corrected chi connectivity index (χ3v) is 4.40. The molecule has 3 heterocycles. The summed E-state index contributed by atoms with van der Waals surface area (Å²) in [7, 11) is 0. The second-order valence-corrected chi connectivity index (χ2v) is 6.17. The highest BCUT2D eigenvalue weighted by atomic mass is 32.1. The Morgan fingerprint density at radius 1 is 1.35 bits per heavy atom. The molecule has 1 fully saturated rings. The number of furan rings is 1. The van der Waals surface area contributed by atoms with E-state index in [1.165, 1.54) is 4.88 Å². The zero-order chi connectivity index (χ0) is 13.8. The molecule has 0 saturated carbocycles.